The first-order valence-electron chi connectivity index (χ1n) is 6.46. The van der Waals surface area contributed by atoms with Crippen molar-refractivity contribution in [2.24, 2.45) is 0 Å². The Morgan fingerprint density at radius 1 is 1.38 bits per heavy atom. The van der Waals surface area contributed by atoms with Gasteiger partial charge in [-0.05, 0) is 43.5 Å². The maximum absolute atomic E-state index is 11.9. The van der Waals surface area contributed by atoms with E-state index in [1.807, 2.05) is 30.5 Å². The number of benzene rings is 1. The van der Waals surface area contributed by atoms with Crippen LogP contribution in [0.2, 0.25) is 0 Å². The highest BCUT2D eigenvalue weighted by molar-refractivity contribution is 7.98. The van der Waals surface area contributed by atoms with E-state index in [0.29, 0.717) is 11.4 Å². The van der Waals surface area contributed by atoms with E-state index in [1.165, 1.54) is 6.26 Å². The molecule has 2 rings (SSSR count). The van der Waals surface area contributed by atoms with Crippen LogP contribution < -0.4 is 10.6 Å². The number of hydrogen-bond acceptors (Lipinski definition) is 4. The van der Waals surface area contributed by atoms with Crippen molar-refractivity contribution in [3.05, 3.63) is 48.4 Å². The number of carbonyl (C=O) groups excluding carboxylic acids is 1. The maximum atomic E-state index is 11.9. The fraction of sp³-hybridized carbons (Fsp3) is 0.267. The molecule has 0 aliphatic carbocycles. The Balaban J connectivity index is 1.90. The SMILES string of the molecule is CSc1cccc(NC(=O)NCC(C)(O)c2ccco2)c1. The fourth-order valence-corrected chi connectivity index (χ4v) is 2.26. The van der Waals surface area contributed by atoms with Gasteiger partial charge in [0, 0.05) is 10.6 Å². The number of thioether (sulfide) groups is 1. The highest BCUT2D eigenvalue weighted by Crippen LogP contribution is 2.20. The molecule has 0 bridgehead atoms. The van der Waals surface area contributed by atoms with Crippen molar-refractivity contribution in [3.63, 3.8) is 0 Å². The van der Waals surface area contributed by atoms with Crippen LogP contribution in [0.1, 0.15) is 12.7 Å². The van der Waals surface area contributed by atoms with Crippen LogP contribution in [0.4, 0.5) is 10.5 Å². The van der Waals surface area contributed by atoms with Gasteiger partial charge in [0.2, 0.25) is 0 Å². The van der Waals surface area contributed by atoms with Gasteiger partial charge in [-0.1, -0.05) is 6.07 Å². The standard InChI is InChI=1S/C15H18N2O3S/c1-15(19,13-7-4-8-20-13)10-16-14(18)17-11-5-3-6-12(9-11)21-2/h3-9,19H,10H2,1-2H3,(H2,16,17,18). The summed E-state index contributed by atoms with van der Waals surface area (Å²) in [5, 5.41) is 15.6. The minimum Gasteiger partial charge on any atom is -0.466 e. The quantitative estimate of drug-likeness (QED) is 0.742. The summed E-state index contributed by atoms with van der Waals surface area (Å²) in [5.74, 6) is 0.409. The highest BCUT2D eigenvalue weighted by atomic mass is 32.2. The number of aliphatic hydroxyl groups is 1. The third-order valence-electron chi connectivity index (χ3n) is 2.97. The van der Waals surface area contributed by atoms with Gasteiger partial charge >= 0.3 is 6.03 Å². The zero-order chi connectivity index (χ0) is 15.3. The minimum absolute atomic E-state index is 0.0502. The van der Waals surface area contributed by atoms with Gasteiger partial charge in [-0.2, -0.15) is 0 Å². The van der Waals surface area contributed by atoms with Crippen LogP contribution >= 0.6 is 11.8 Å². The Morgan fingerprint density at radius 3 is 2.86 bits per heavy atom. The molecule has 5 nitrogen and oxygen atoms in total. The third kappa shape index (κ3) is 4.27. The molecule has 112 valence electrons. The average Bonchev–Trinajstić information content (AvgIpc) is 3.00. The number of anilines is 1. The Labute approximate surface area is 127 Å². The number of urea groups is 1. The first-order chi connectivity index (χ1) is 10.0. The molecule has 0 radical (unpaired) electrons. The summed E-state index contributed by atoms with van der Waals surface area (Å²) in [6, 6.07) is 10.5. The van der Waals surface area contributed by atoms with Crippen molar-refractivity contribution >= 4 is 23.5 Å². The molecule has 6 heteroatoms. The summed E-state index contributed by atoms with van der Waals surface area (Å²) in [6.07, 6.45) is 3.46. The third-order valence-corrected chi connectivity index (χ3v) is 3.70. The van der Waals surface area contributed by atoms with Gasteiger partial charge in [0.25, 0.3) is 0 Å². The van der Waals surface area contributed by atoms with Gasteiger partial charge in [0.05, 0.1) is 12.8 Å². The van der Waals surface area contributed by atoms with Crippen LogP contribution in [0, 0.1) is 0 Å². The van der Waals surface area contributed by atoms with Crippen LogP contribution in [-0.4, -0.2) is 23.9 Å². The van der Waals surface area contributed by atoms with E-state index in [4.69, 9.17) is 4.42 Å². The number of amides is 2. The van der Waals surface area contributed by atoms with Crippen molar-refractivity contribution in [2.75, 3.05) is 18.1 Å². The molecule has 0 spiro atoms. The number of carbonyl (C=O) groups is 1. The Bertz CT molecular complexity index is 597. The van der Waals surface area contributed by atoms with Gasteiger partial charge in [-0.3, -0.25) is 0 Å². The lowest BCUT2D eigenvalue weighted by Gasteiger charge is -2.21. The molecule has 1 atom stereocenters. The summed E-state index contributed by atoms with van der Waals surface area (Å²) < 4.78 is 5.15. The first kappa shape index (κ1) is 15.5. The molecule has 0 saturated heterocycles. The monoisotopic (exact) mass is 306 g/mol. The molecule has 0 aliphatic rings. The molecule has 3 N–H and O–H groups in total. The molecule has 0 fully saturated rings. The van der Waals surface area contributed by atoms with E-state index < -0.39 is 5.60 Å². The van der Waals surface area contributed by atoms with E-state index in [9.17, 15) is 9.90 Å². The van der Waals surface area contributed by atoms with E-state index in [0.717, 1.165) is 4.90 Å². The normalized spacial score (nSPS) is 13.5. The fourth-order valence-electron chi connectivity index (χ4n) is 1.80. The van der Waals surface area contributed by atoms with Crippen LogP contribution in [0.5, 0.6) is 0 Å². The molecule has 2 amide bonds. The van der Waals surface area contributed by atoms with Gasteiger partial charge in [-0.25, -0.2) is 4.79 Å². The Hall–Kier alpha value is -1.92. The molecule has 0 aliphatic heterocycles. The number of nitrogens with one attached hydrogen (secondary N) is 2. The van der Waals surface area contributed by atoms with Crippen molar-refractivity contribution in [1.82, 2.24) is 5.32 Å². The summed E-state index contributed by atoms with van der Waals surface area (Å²) in [7, 11) is 0. The van der Waals surface area contributed by atoms with Gasteiger partial charge in [0.15, 0.2) is 0 Å². The lowest BCUT2D eigenvalue weighted by atomic mass is 10.0. The molecule has 1 aromatic heterocycles. The summed E-state index contributed by atoms with van der Waals surface area (Å²) >= 11 is 1.60. The summed E-state index contributed by atoms with van der Waals surface area (Å²) in [4.78, 5) is 12.9. The molecular weight excluding hydrogens is 288 g/mol. The predicted molar refractivity (Wildman–Crippen MR) is 83.5 cm³/mol. The van der Waals surface area contributed by atoms with Gasteiger partial charge < -0.3 is 20.2 Å². The van der Waals surface area contributed by atoms with E-state index in [-0.39, 0.29) is 12.6 Å². The second-order valence-corrected chi connectivity index (χ2v) is 5.67. The predicted octanol–water partition coefficient (Wildman–Crippen LogP) is 3.03. The number of furan rings is 1. The molecular formula is C15H18N2O3S. The Morgan fingerprint density at radius 2 is 2.19 bits per heavy atom. The number of rotatable bonds is 5. The molecule has 1 aromatic carbocycles. The molecule has 1 unspecified atom stereocenters. The van der Waals surface area contributed by atoms with Gasteiger partial charge in [0.1, 0.15) is 11.4 Å². The Kier molecular flexibility index (Phi) is 4.93. The average molecular weight is 306 g/mol. The zero-order valence-corrected chi connectivity index (χ0v) is 12.7. The van der Waals surface area contributed by atoms with Crippen LogP contribution in [0.3, 0.4) is 0 Å². The lowest BCUT2D eigenvalue weighted by Crippen LogP contribution is -2.40. The van der Waals surface area contributed by atoms with Crippen LogP contribution in [0.25, 0.3) is 0 Å². The molecule has 2 aromatic rings. The van der Waals surface area contributed by atoms with E-state index >= 15 is 0 Å². The smallest absolute Gasteiger partial charge is 0.319 e. The molecule has 0 saturated carbocycles. The molecule has 1 heterocycles. The summed E-state index contributed by atoms with van der Waals surface area (Å²) in [6.45, 7) is 1.63. The van der Waals surface area contributed by atoms with Crippen molar-refractivity contribution in [1.29, 1.82) is 0 Å². The van der Waals surface area contributed by atoms with E-state index in [2.05, 4.69) is 10.6 Å². The molecule has 21 heavy (non-hydrogen) atoms. The minimum atomic E-state index is -1.25. The van der Waals surface area contributed by atoms with Crippen molar-refractivity contribution < 1.29 is 14.3 Å². The van der Waals surface area contributed by atoms with Crippen LogP contribution in [-0.2, 0) is 5.60 Å². The highest BCUT2D eigenvalue weighted by Gasteiger charge is 2.26. The van der Waals surface area contributed by atoms with Crippen LogP contribution in [0.15, 0.2) is 52.0 Å². The lowest BCUT2D eigenvalue weighted by molar-refractivity contribution is 0.0372. The van der Waals surface area contributed by atoms with Crippen molar-refractivity contribution in [3.8, 4) is 0 Å². The van der Waals surface area contributed by atoms with Crippen molar-refractivity contribution in [2.45, 2.75) is 17.4 Å². The topological polar surface area (TPSA) is 74.5 Å². The maximum Gasteiger partial charge on any atom is 0.319 e. The second-order valence-electron chi connectivity index (χ2n) is 4.79. The van der Waals surface area contributed by atoms with Gasteiger partial charge in [-0.15, -0.1) is 11.8 Å². The van der Waals surface area contributed by atoms with E-state index in [1.54, 1.807) is 30.8 Å². The zero-order valence-electron chi connectivity index (χ0n) is 11.9. The number of hydrogen-bond donors (Lipinski definition) is 3. The second kappa shape index (κ2) is 6.69. The largest absolute Gasteiger partial charge is 0.466 e. The first-order valence-corrected chi connectivity index (χ1v) is 7.69. The summed E-state index contributed by atoms with van der Waals surface area (Å²) in [5.41, 5.74) is -0.543.